The number of imidazole rings is 2. The number of amides is 2. The molecule has 0 aliphatic carbocycles. The van der Waals surface area contributed by atoms with Crippen molar-refractivity contribution in [1.82, 2.24) is 30.6 Å². The number of ether oxygens (including phenoxy) is 2. The van der Waals surface area contributed by atoms with E-state index in [9.17, 15) is 14.4 Å². The van der Waals surface area contributed by atoms with Crippen molar-refractivity contribution < 1.29 is 23.9 Å². The van der Waals surface area contributed by atoms with Gasteiger partial charge in [-0.25, -0.2) is 19.6 Å². The lowest BCUT2D eigenvalue weighted by Gasteiger charge is -2.24. The molecule has 2 heterocycles. The number of methoxy groups -OCH3 is 1. The van der Waals surface area contributed by atoms with Gasteiger partial charge in [0.1, 0.15) is 29.3 Å². The van der Waals surface area contributed by atoms with E-state index in [1.54, 1.807) is 33.2 Å². The van der Waals surface area contributed by atoms with Crippen molar-refractivity contribution in [2.75, 3.05) is 7.11 Å². The van der Waals surface area contributed by atoms with Crippen LogP contribution in [-0.2, 0) is 31.9 Å². The number of carbonyl (C=O) groups excluding carboxylic acids is 3. The van der Waals surface area contributed by atoms with Gasteiger partial charge in [-0.3, -0.25) is 4.79 Å². The minimum atomic E-state index is -1.08. The van der Waals surface area contributed by atoms with Gasteiger partial charge in [-0.05, 0) is 20.8 Å². The quantitative estimate of drug-likeness (QED) is 0.216. The SMILES string of the molecule is COC(=O)[C@H](Cc1cnc(-c2ccccc2)[nH]1)NC(=O)[C@H](Cc1cnc(-c2ccccc2)[nH]1)NC(=O)OC(C)(C)C. The number of aromatic amines is 2. The largest absolute Gasteiger partial charge is 0.467 e. The molecule has 4 rings (SSSR count). The standard InChI is InChI=1S/C30H34N6O5/c1-30(2,3)41-29(39)36-23(15-21-17-31-25(33-21)19-11-7-5-8-12-19)27(37)35-24(28(38)40-4)16-22-18-32-26(34-22)20-13-9-6-10-14-20/h5-14,17-18,23-24H,15-16H2,1-4H3,(H,31,33)(H,32,34)(H,35,37)(H,36,39)/t23-,24-/m0/s1. The zero-order valence-electron chi connectivity index (χ0n) is 23.4. The second-order valence-corrected chi connectivity index (χ2v) is 10.4. The molecule has 0 aliphatic heterocycles. The molecule has 0 radical (unpaired) electrons. The Hall–Kier alpha value is -4.93. The molecule has 4 N–H and O–H groups in total. The van der Waals surface area contributed by atoms with Gasteiger partial charge in [0.2, 0.25) is 5.91 Å². The van der Waals surface area contributed by atoms with E-state index in [0.717, 1.165) is 11.1 Å². The summed E-state index contributed by atoms with van der Waals surface area (Å²) < 4.78 is 10.3. The number of alkyl carbamates (subject to hydrolysis) is 1. The van der Waals surface area contributed by atoms with Crippen LogP contribution in [0.4, 0.5) is 4.79 Å². The number of benzene rings is 2. The first-order chi connectivity index (χ1) is 19.6. The van der Waals surface area contributed by atoms with Crippen molar-refractivity contribution in [2.45, 2.75) is 51.3 Å². The Labute approximate surface area is 238 Å². The summed E-state index contributed by atoms with van der Waals surface area (Å²) in [6.07, 6.45) is 2.61. The van der Waals surface area contributed by atoms with Crippen LogP contribution in [-0.4, -0.2) is 62.7 Å². The summed E-state index contributed by atoms with van der Waals surface area (Å²) in [4.78, 5) is 54.0. The highest BCUT2D eigenvalue weighted by Crippen LogP contribution is 2.17. The molecular formula is C30H34N6O5. The second kappa shape index (κ2) is 12.9. The molecule has 11 nitrogen and oxygen atoms in total. The predicted molar refractivity (Wildman–Crippen MR) is 153 cm³/mol. The van der Waals surface area contributed by atoms with Gasteiger partial charge in [-0.15, -0.1) is 0 Å². The van der Waals surface area contributed by atoms with Gasteiger partial charge in [-0.2, -0.15) is 0 Å². The first-order valence-corrected chi connectivity index (χ1v) is 13.2. The maximum Gasteiger partial charge on any atom is 0.408 e. The van der Waals surface area contributed by atoms with E-state index >= 15 is 0 Å². The van der Waals surface area contributed by atoms with Crippen LogP contribution in [0.1, 0.15) is 32.2 Å². The van der Waals surface area contributed by atoms with Gasteiger partial charge in [0.05, 0.1) is 7.11 Å². The summed E-state index contributed by atoms with van der Waals surface area (Å²) in [5.74, 6) is 0.0226. The zero-order chi connectivity index (χ0) is 29.4. The fraction of sp³-hybridized carbons (Fsp3) is 0.300. The molecule has 214 valence electrons. The topological polar surface area (TPSA) is 151 Å². The normalized spacial score (nSPS) is 12.7. The van der Waals surface area contributed by atoms with E-state index in [1.807, 2.05) is 60.7 Å². The third-order valence-corrected chi connectivity index (χ3v) is 6.01. The summed E-state index contributed by atoms with van der Waals surface area (Å²) in [6, 6.07) is 16.9. The number of esters is 1. The van der Waals surface area contributed by atoms with Crippen LogP contribution in [0.25, 0.3) is 22.8 Å². The Morgan fingerprint density at radius 2 is 1.27 bits per heavy atom. The molecule has 0 aliphatic rings. The van der Waals surface area contributed by atoms with Gasteiger partial charge in [-0.1, -0.05) is 60.7 Å². The van der Waals surface area contributed by atoms with Crippen LogP contribution >= 0.6 is 0 Å². The second-order valence-electron chi connectivity index (χ2n) is 10.4. The summed E-state index contributed by atoms with van der Waals surface area (Å²) in [6.45, 7) is 5.18. The summed E-state index contributed by atoms with van der Waals surface area (Å²) in [7, 11) is 1.25. The van der Waals surface area contributed by atoms with Gasteiger partial charge in [0.25, 0.3) is 0 Å². The van der Waals surface area contributed by atoms with Crippen molar-refractivity contribution >= 4 is 18.0 Å². The van der Waals surface area contributed by atoms with Crippen molar-refractivity contribution in [3.8, 4) is 22.8 Å². The maximum atomic E-state index is 13.5. The maximum absolute atomic E-state index is 13.5. The third kappa shape index (κ3) is 8.28. The molecule has 0 saturated carbocycles. The van der Waals surface area contributed by atoms with E-state index in [-0.39, 0.29) is 12.8 Å². The molecule has 41 heavy (non-hydrogen) atoms. The molecule has 0 fully saturated rings. The fourth-order valence-electron chi connectivity index (χ4n) is 4.12. The minimum Gasteiger partial charge on any atom is -0.467 e. The van der Waals surface area contributed by atoms with Crippen molar-refractivity contribution in [1.29, 1.82) is 0 Å². The number of nitrogens with zero attached hydrogens (tertiary/aromatic N) is 2. The average molecular weight is 559 g/mol. The Balaban J connectivity index is 1.52. The average Bonchev–Trinajstić information content (AvgIpc) is 3.62. The van der Waals surface area contributed by atoms with Crippen LogP contribution in [0.2, 0.25) is 0 Å². The number of aromatic nitrogens is 4. The minimum absolute atomic E-state index is 0.0705. The van der Waals surface area contributed by atoms with Crippen molar-refractivity contribution in [3.05, 3.63) is 84.4 Å². The van der Waals surface area contributed by atoms with Gasteiger partial charge in [0, 0.05) is 47.8 Å². The monoisotopic (exact) mass is 558 g/mol. The highest BCUT2D eigenvalue weighted by molar-refractivity contribution is 5.90. The number of hydrogen-bond acceptors (Lipinski definition) is 7. The van der Waals surface area contributed by atoms with Crippen molar-refractivity contribution in [2.24, 2.45) is 0 Å². The van der Waals surface area contributed by atoms with E-state index in [4.69, 9.17) is 9.47 Å². The first kappa shape index (κ1) is 29.1. The lowest BCUT2D eigenvalue weighted by Crippen LogP contribution is -2.54. The third-order valence-electron chi connectivity index (χ3n) is 6.01. The molecule has 2 aromatic carbocycles. The van der Waals surface area contributed by atoms with Crippen LogP contribution in [0, 0.1) is 0 Å². The Bertz CT molecular complexity index is 1460. The highest BCUT2D eigenvalue weighted by atomic mass is 16.6. The zero-order valence-corrected chi connectivity index (χ0v) is 23.4. The van der Waals surface area contributed by atoms with Crippen LogP contribution in [0.15, 0.2) is 73.1 Å². The van der Waals surface area contributed by atoms with Crippen molar-refractivity contribution in [3.63, 3.8) is 0 Å². The summed E-state index contributed by atoms with van der Waals surface area (Å²) in [5.41, 5.74) is 2.21. The Morgan fingerprint density at radius 1 is 0.780 bits per heavy atom. The molecule has 2 aromatic heterocycles. The molecule has 0 unspecified atom stereocenters. The van der Waals surface area contributed by atoms with E-state index in [1.165, 1.54) is 7.11 Å². The fourth-order valence-corrected chi connectivity index (χ4v) is 4.12. The molecule has 0 spiro atoms. The first-order valence-electron chi connectivity index (χ1n) is 13.2. The van der Waals surface area contributed by atoms with Crippen LogP contribution in [0.5, 0.6) is 0 Å². The number of H-pyrrole nitrogens is 2. The Kier molecular flexibility index (Phi) is 9.18. The number of hydrogen-bond donors (Lipinski definition) is 4. The number of nitrogens with one attached hydrogen (secondary N) is 4. The summed E-state index contributed by atoms with van der Waals surface area (Å²) >= 11 is 0. The number of rotatable bonds is 10. The lowest BCUT2D eigenvalue weighted by atomic mass is 10.1. The molecule has 11 heteroatoms. The molecular weight excluding hydrogens is 524 g/mol. The molecule has 2 atom stereocenters. The molecule has 0 bridgehead atoms. The lowest BCUT2D eigenvalue weighted by molar-refractivity contribution is -0.145. The van der Waals surface area contributed by atoms with Crippen LogP contribution in [0.3, 0.4) is 0 Å². The molecule has 4 aromatic rings. The highest BCUT2D eigenvalue weighted by Gasteiger charge is 2.30. The van der Waals surface area contributed by atoms with Gasteiger partial charge in [0.15, 0.2) is 0 Å². The summed E-state index contributed by atoms with van der Waals surface area (Å²) in [5, 5.41) is 5.36. The smallest absolute Gasteiger partial charge is 0.408 e. The molecule has 0 saturated heterocycles. The Morgan fingerprint density at radius 3 is 1.73 bits per heavy atom. The van der Waals surface area contributed by atoms with Gasteiger partial charge < -0.3 is 30.1 Å². The number of carbonyl (C=O) groups is 3. The van der Waals surface area contributed by atoms with E-state index < -0.39 is 35.7 Å². The predicted octanol–water partition coefficient (Wildman–Crippen LogP) is 3.80. The van der Waals surface area contributed by atoms with E-state index in [0.29, 0.717) is 23.0 Å². The van der Waals surface area contributed by atoms with Crippen LogP contribution < -0.4 is 10.6 Å². The van der Waals surface area contributed by atoms with Gasteiger partial charge >= 0.3 is 12.1 Å². The van der Waals surface area contributed by atoms with E-state index in [2.05, 4.69) is 30.6 Å². The molecule has 2 amide bonds.